The maximum absolute atomic E-state index is 13.5. The molecule has 0 unspecified atom stereocenters. The third-order valence-corrected chi connectivity index (χ3v) is 10.3. The highest BCUT2D eigenvalue weighted by Gasteiger charge is 2.31. The Kier molecular flexibility index (Phi) is 8.87. The molecule has 2 aromatic rings. The van der Waals surface area contributed by atoms with Crippen LogP contribution in [0.4, 0.5) is 5.69 Å². The lowest BCUT2D eigenvalue weighted by Crippen LogP contribution is -2.52. The number of sulfonamides is 1. The van der Waals surface area contributed by atoms with Gasteiger partial charge in [0.1, 0.15) is 0 Å². The molecular weight excluding hydrogens is 494 g/mol. The van der Waals surface area contributed by atoms with E-state index in [1.807, 2.05) is 26.0 Å². The summed E-state index contributed by atoms with van der Waals surface area (Å²) in [7, 11) is -3.54. The highest BCUT2D eigenvalue weighted by molar-refractivity contribution is 8.04. The van der Waals surface area contributed by atoms with Crippen LogP contribution < -0.4 is 0 Å². The van der Waals surface area contributed by atoms with E-state index in [4.69, 9.17) is 0 Å². The van der Waals surface area contributed by atoms with Gasteiger partial charge in [0.05, 0.1) is 10.7 Å². The summed E-state index contributed by atoms with van der Waals surface area (Å²) in [4.78, 5) is 14.9. The van der Waals surface area contributed by atoms with Gasteiger partial charge in [-0.3, -0.25) is 15.0 Å². The molecule has 0 spiro atoms. The Bertz CT molecular complexity index is 1220. The van der Waals surface area contributed by atoms with Crippen LogP contribution in [-0.4, -0.2) is 60.5 Å². The van der Waals surface area contributed by atoms with Crippen molar-refractivity contribution in [3.63, 3.8) is 0 Å². The summed E-state index contributed by atoms with van der Waals surface area (Å²) in [6, 6.07) is 13.0. The number of non-ortho nitro benzene ring substituents is 1. The molecule has 1 heterocycles. The van der Waals surface area contributed by atoms with Crippen LogP contribution in [0.1, 0.15) is 48.8 Å². The Morgan fingerprint density at radius 2 is 1.78 bits per heavy atom. The van der Waals surface area contributed by atoms with Crippen LogP contribution in [0, 0.1) is 24.0 Å². The van der Waals surface area contributed by atoms with Crippen LogP contribution in [-0.2, 0) is 10.0 Å². The van der Waals surface area contributed by atoms with Crippen molar-refractivity contribution in [2.24, 2.45) is 0 Å². The second-order valence-electron chi connectivity index (χ2n) is 9.82. The predicted molar refractivity (Wildman–Crippen MR) is 147 cm³/mol. The summed E-state index contributed by atoms with van der Waals surface area (Å²) in [5.41, 5.74) is 2.77. The lowest BCUT2D eigenvalue weighted by Gasteiger charge is -2.40. The number of rotatable bonds is 8. The second kappa shape index (κ2) is 11.9. The molecule has 2 aromatic carbocycles. The van der Waals surface area contributed by atoms with E-state index in [9.17, 15) is 18.5 Å². The number of hydrogen-bond acceptors (Lipinski definition) is 6. The maximum Gasteiger partial charge on any atom is 0.270 e. The first-order chi connectivity index (χ1) is 17.2. The number of nitrogens with zero attached hydrogens (tertiary/aromatic N) is 3. The number of nitro groups is 1. The van der Waals surface area contributed by atoms with Crippen molar-refractivity contribution >= 4 is 33.5 Å². The number of nitro benzene ring substituents is 1. The zero-order valence-corrected chi connectivity index (χ0v) is 22.7. The molecule has 36 heavy (non-hydrogen) atoms. The molecule has 1 saturated heterocycles. The monoisotopic (exact) mass is 529 g/mol. The molecule has 4 rings (SSSR count). The summed E-state index contributed by atoms with van der Waals surface area (Å²) >= 11 is 1.43. The molecular formula is C27H35N3O4S2. The van der Waals surface area contributed by atoms with E-state index in [0.29, 0.717) is 29.6 Å². The molecule has 0 radical (unpaired) electrons. The van der Waals surface area contributed by atoms with Gasteiger partial charge in [-0.15, -0.1) is 0 Å². The van der Waals surface area contributed by atoms with Crippen LogP contribution in [0.3, 0.4) is 0 Å². The third-order valence-electron chi connectivity index (χ3n) is 7.08. The molecule has 194 valence electrons. The van der Waals surface area contributed by atoms with Crippen LogP contribution in [0.25, 0.3) is 6.08 Å². The van der Waals surface area contributed by atoms with E-state index in [1.54, 1.807) is 22.5 Å². The fourth-order valence-corrected chi connectivity index (χ4v) is 8.02. The Morgan fingerprint density at radius 3 is 2.47 bits per heavy atom. The molecule has 0 bridgehead atoms. The Balaban J connectivity index is 1.54. The quantitative estimate of drug-likeness (QED) is 0.251. The van der Waals surface area contributed by atoms with Gasteiger partial charge in [0.25, 0.3) is 5.69 Å². The fourth-order valence-electron chi connectivity index (χ4n) is 5.04. The van der Waals surface area contributed by atoms with Crippen molar-refractivity contribution in [3.05, 3.63) is 74.2 Å². The minimum absolute atomic E-state index is 0.0125. The number of thioether (sulfide) groups is 1. The molecule has 1 saturated carbocycles. The van der Waals surface area contributed by atoms with E-state index in [0.717, 1.165) is 29.1 Å². The Labute approximate surface area is 218 Å². The van der Waals surface area contributed by atoms with E-state index in [-0.39, 0.29) is 11.4 Å². The first-order valence-electron chi connectivity index (χ1n) is 12.6. The molecule has 9 heteroatoms. The van der Waals surface area contributed by atoms with Gasteiger partial charge in [0.15, 0.2) is 0 Å². The fraction of sp³-hybridized carbons (Fsp3) is 0.481. The highest BCUT2D eigenvalue weighted by atomic mass is 32.2. The van der Waals surface area contributed by atoms with Crippen molar-refractivity contribution in [3.8, 4) is 0 Å². The molecule has 0 N–H and O–H groups in total. The van der Waals surface area contributed by atoms with Gasteiger partial charge in [-0.05, 0) is 55.5 Å². The molecule has 0 amide bonds. The van der Waals surface area contributed by atoms with Crippen molar-refractivity contribution in [2.45, 2.75) is 56.9 Å². The zero-order chi connectivity index (χ0) is 25.7. The molecule has 0 aromatic heterocycles. The third kappa shape index (κ3) is 6.97. The van der Waals surface area contributed by atoms with Gasteiger partial charge in [-0.25, -0.2) is 8.42 Å². The minimum Gasteiger partial charge on any atom is -0.298 e. The van der Waals surface area contributed by atoms with Gasteiger partial charge in [-0.1, -0.05) is 55.3 Å². The lowest BCUT2D eigenvalue weighted by atomic mass is 9.94. The van der Waals surface area contributed by atoms with E-state index >= 15 is 0 Å². The lowest BCUT2D eigenvalue weighted by molar-refractivity contribution is -0.384. The van der Waals surface area contributed by atoms with Gasteiger partial charge >= 0.3 is 0 Å². The van der Waals surface area contributed by atoms with Crippen LogP contribution in [0.5, 0.6) is 0 Å². The largest absolute Gasteiger partial charge is 0.298 e. The standard InChI is InChI=1S/C27H35N3O4S2/c1-21-11-12-22(2)27(17-21)35-26(19-23-7-6-10-25(18-23)30(31)32)20-36(33,34)29-15-13-28(14-16-29)24-8-4-3-5-9-24/h6-7,10-12,17-19,24H,3-5,8-9,13-16,20H2,1-2H3. The molecule has 0 atom stereocenters. The first kappa shape index (κ1) is 26.9. The number of aryl methyl sites for hydroxylation is 2. The number of benzene rings is 2. The number of piperazine rings is 1. The van der Waals surface area contributed by atoms with Gasteiger partial charge in [0, 0.05) is 54.2 Å². The average molecular weight is 530 g/mol. The minimum atomic E-state index is -3.54. The second-order valence-corrected chi connectivity index (χ2v) is 13.0. The molecule has 1 aliphatic heterocycles. The maximum atomic E-state index is 13.5. The topological polar surface area (TPSA) is 83.8 Å². The highest BCUT2D eigenvalue weighted by Crippen LogP contribution is 2.34. The Hall–Kier alpha value is -2.20. The van der Waals surface area contributed by atoms with Gasteiger partial charge in [-0.2, -0.15) is 4.31 Å². The molecule has 7 nitrogen and oxygen atoms in total. The molecule has 1 aliphatic carbocycles. The van der Waals surface area contributed by atoms with Gasteiger partial charge < -0.3 is 0 Å². The molecule has 2 fully saturated rings. The number of hydrogen-bond donors (Lipinski definition) is 0. The summed E-state index contributed by atoms with van der Waals surface area (Å²) in [5, 5.41) is 11.3. The van der Waals surface area contributed by atoms with Crippen LogP contribution >= 0.6 is 11.8 Å². The SMILES string of the molecule is Cc1ccc(C)c(SC(=Cc2cccc([N+](=O)[O-])c2)CS(=O)(=O)N2CCN(C3CCCCC3)CC2)c1. The van der Waals surface area contributed by atoms with Crippen molar-refractivity contribution < 1.29 is 13.3 Å². The van der Waals surface area contributed by atoms with Crippen molar-refractivity contribution in [2.75, 3.05) is 31.9 Å². The first-order valence-corrected chi connectivity index (χ1v) is 15.1. The van der Waals surface area contributed by atoms with E-state index < -0.39 is 14.9 Å². The van der Waals surface area contributed by atoms with Crippen LogP contribution in [0.2, 0.25) is 0 Å². The van der Waals surface area contributed by atoms with Crippen LogP contribution in [0.15, 0.2) is 52.3 Å². The summed E-state index contributed by atoms with van der Waals surface area (Å²) < 4.78 is 28.7. The average Bonchev–Trinajstić information content (AvgIpc) is 2.87. The van der Waals surface area contributed by atoms with Crippen molar-refractivity contribution in [1.29, 1.82) is 0 Å². The predicted octanol–water partition coefficient (Wildman–Crippen LogP) is 5.62. The normalized spacial score (nSPS) is 18.9. The van der Waals surface area contributed by atoms with E-state index in [2.05, 4.69) is 11.0 Å². The van der Waals surface area contributed by atoms with E-state index in [1.165, 1.54) is 56.0 Å². The zero-order valence-electron chi connectivity index (χ0n) is 21.1. The summed E-state index contributed by atoms with van der Waals surface area (Å²) in [6.07, 6.45) is 8.05. The Morgan fingerprint density at radius 1 is 1.06 bits per heavy atom. The summed E-state index contributed by atoms with van der Waals surface area (Å²) in [6.45, 7) is 6.59. The van der Waals surface area contributed by atoms with Crippen molar-refractivity contribution in [1.82, 2.24) is 9.21 Å². The molecule has 2 aliphatic rings. The summed E-state index contributed by atoms with van der Waals surface area (Å²) in [5.74, 6) is -0.128. The smallest absolute Gasteiger partial charge is 0.270 e. The van der Waals surface area contributed by atoms with Gasteiger partial charge in [0.2, 0.25) is 10.0 Å².